The molecule has 3 atom stereocenters. The lowest BCUT2D eigenvalue weighted by atomic mass is 10.2. The fourth-order valence-corrected chi connectivity index (χ4v) is 3.53. The quantitative estimate of drug-likeness (QED) is 0.246. The van der Waals surface area contributed by atoms with Gasteiger partial charge in [-0.05, 0) is 19.8 Å². The predicted molar refractivity (Wildman–Crippen MR) is 101 cm³/mol. The monoisotopic (exact) mass is 404 g/mol. The second-order valence-electron chi connectivity index (χ2n) is 5.94. The van der Waals surface area contributed by atoms with E-state index in [1.165, 1.54) is 11.8 Å². The van der Waals surface area contributed by atoms with Crippen molar-refractivity contribution >= 4 is 40.8 Å². The van der Waals surface area contributed by atoms with E-state index < -0.39 is 12.1 Å². The predicted octanol–water partition coefficient (Wildman–Crippen LogP) is 2.10. The number of carbonyl (C=O) groups excluding carboxylic acids is 1. The van der Waals surface area contributed by atoms with Crippen LogP contribution in [0.1, 0.15) is 33.1 Å². The minimum atomic E-state index is -0.651. The third-order valence-corrected chi connectivity index (χ3v) is 5.21. The number of anilines is 2. The Morgan fingerprint density at radius 3 is 2.88 bits per heavy atom. The molecule has 0 aliphatic heterocycles. The molecule has 1 fully saturated rings. The van der Waals surface area contributed by atoms with E-state index in [2.05, 4.69) is 22.2 Å². The zero-order chi connectivity index (χ0) is 19.1. The number of nitrogens with zero attached hydrogens (tertiary/aromatic N) is 2. The third kappa shape index (κ3) is 5.87. The van der Waals surface area contributed by atoms with Gasteiger partial charge in [-0.2, -0.15) is 0 Å². The maximum atomic E-state index is 11.4. The first-order chi connectivity index (χ1) is 12.4. The number of hydrogen-bond acceptors (Lipinski definition) is 9. The minimum absolute atomic E-state index is 0.128. The molecule has 4 N–H and O–H groups in total. The number of nitrogen functional groups attached to an aromatic ring is 1. The summed E-state index contributed by atoms with van der Waals surface area (Å²) in [5.74, 6) is 0.858. The van der Waals surface area contributed by atoms with Crippen LogP contribution in [-0.2, 0) is 14.3 Å². The number of nitrogens with one attached hydrogen (secondary N) is 1. The summed E-state index contributed by atoms with van der Waals surface area (Å²) in [5, 5.41) is 14.1. The van der Waals surface area contributed by atoms with E-state index in [1.54, 1.807) is 6.92 Å². The topological polar surface area (TPSA) is 120 Å². The lowest BCUT2D eigenvalue weighted by Gasteiger charge is -2.19. The van der Waals surface area contributed by atoms with Gasteiger partial charge in [0.2, 0.25) is 0 Å². The van der Waals surface area contributed by atoms with Crippen LogP contribution in [0.4, 0.5) is 11.5 Å². The van der Waals surface area contributed by atoms with Gasteiger partial charge in [-0.25, -0.2) is 14.8 Å². The lowest BCUT2D eigenvalue weighted by Crippen LogP contribution is -2.29. The highest BCUT2D eigenvalue weighted by Gasteiger charge is 2.34. The number of ether oxygens (including phenoxy) is 2. The first-order valence-electron chi connectivity index (χ1n) is 8.62. The molecule has 1 aromatic rings. The van der Waals surface area contributed by atoms with Crippen LogP contribution in [0.15, 0.2) is 5.16 Å². The second kappa shape index (κ2) is 10.1. The van der Waals surface area contributed by atoms with Crippen molar-refractivity contribution in [2.75, 3.05) is 30.0 Å². The third-order valence-electron chi connectivity index (χ3n) is 3.86. The van der Waals surface area contributed by atoms with Gasteiger partial charge in [-0.3, -0.25) is 0 Å². The molecule has 1 unspecified atom stereocenters. The molecule has 1 saturated carbocycles. The second-order valence-corrected chi connectivity index (χ2v) is 7.36. The van der Waals surface area contributed by atoms with E-state index in [0.29, 0.717) is 30.4 Å². The van der Waals surface area contributed by atoms with Gasteiger partial charge in [0.25, 0.3) is 0 Å². The van der Waals surface area contributed by atoms with Crippen LogP contribution in [0, 0.1) is 0 Å². The Morgan fingerprint density at radius 1 is 1.42 bits per heavy atom. The van der Waals surface area contributed by atoms with Crippen molar-refractivity contribution in [1.82, 2.24) is 9.97 Å². The van der Waals surface area contributed by atoms with Gasteiger partial charge in [-0.1, -0.05) is 30.3 Å². The molecule has 0 aromatic carbocycles. The summed E-state index contributed by atoms with van der Waals surface area (Å²) < 4.78 is 10.4. The SMILES string of the molecule is CCCSc1nc(Cl)c(N)c(NC2C[C@H](OCC(=O)OCC)C[C@H]2O)n1. The van der Waals surface area contributed by atoms with Crippen molar-refractivity contribution in [2.45, 2.75) is 56.5 Å². The summed E-state index contributed by atoms with van der Waals surface area (Å²) in [6, 6.07) is -0.306. The van der Waals surface area contributed by atoms with Crippen molar-refractivity contribution in [3.05, 3.63) is 5.15 Å². The van der Waals surface area contributed by atoms with Crippen LogP contribution in [0.2, 0.25) is 5.15 Å². The molecule has 0 saturated heterocycles. The molecule has 0 spiro atoms. The Bertz CT molecular complexity index is 622. The molecular formula is C16H25ClN4O4S. The van der Waals surface area contributed by atoms with E-state index in [1.807, 2.05) is 0 Å². The highest BCUT2D eigenvalue weighted by atomic mass is 35.5. The number of carbonyl (C=O) groups is 1. The van der Waals surface area contributed by atoms with Gasteiger partial charge < -0.3 is 25.6 Å². The molecule has 1 aromatic heterocycles. The van der Waals surface area contributed by atoms with Crippen molar-refractivity contribution < 1.29 is 19.4 Å². The zero-order valence-electron chi connectivity index (χ0n) is 14.9. The van der Waals surface area contributed by atoms with Gasteiger partial charge in [0.05, 0.1) is 24.9 Å². The summed E-state index contributed by atoms with van der Waals surface area (Å²) in [7, 11) is 0. The van der Waals surface area contributed by atoms with E-state index in [9.17, 15) is 9.90 Å². The number of hydrogen-bond donors (Lipinski definition) is 3. The molecule has 26 heavy (non-hydrogen) atoms. The fourth-order valence-electron chi connectivity index (χ4n) is 2.62. The van der Waals surface area contributed by atoms with Crippen LogP contribution < -0.4 is 11.1 Å². The van der Waals surface area contributed by atoms with Crippen molar-refractivity contribution in [3.8, 4) is 0 Å². The van der Waals surface area contributed by atoms with Crippen molar-refractivity contribution in [1.29, 1.82) is 0 Å². The maximum Gasteiger partial charge on any atom is 0.332 e. The Kier molecular flexibility index (Phi) is 8.20. The zero-order valence-corrected chi connectivity index (χ0v) is 16.5. The van der Waals surface area contributed by atoms with Crippen molar-refractivity contribution in [2.24, 2.45) is 0 Å². The van der Waals surface area contributed by atoms with Crippen molar-refractivity contribution in [3.63, 3.8) is 0 Å². The number of thioether (sulfide) groups is 1. The first-order valence-corrected chi connectivity index (χ1v) is 9.98. The fraction of sp³-hybridized carbons (Fsp3) is 0.688. The van der Waals surface area contributed by atoms with Crippen LogP contribution in [0.25, 0.3) is 0 Å². The highest BCUT2D eigenvalue weighted by Crippen LogP contribution is 2.31. The number of aliphatic hydroxyl groups is 1. The maximum absolute atomic E-state index is 11.4. The standard InChI is InChI=1S/C16H25ClN4O4S/c1-3-5-26-16-20-14(17)13(18)15(21-16)19-10-6-9(7-11(10)22)25-8-12(23)24-4-2/h9-11,22H,3-8,18H2,1-2H3,(H,19,20,21)/t9-,10?,11+/m0/s1. The molecule has 0 bridgehead atoms. The van der Waals surface area contributed by atoms with Crippen LogP contribution >= 0.6 is 23.4 Å². The average Bonchev–Trinajstić information content (AvgIpc) is 2.95. The smallest absolute Gasteiger partial charge is 0.332 e. The van der Waals surface area contributed by atoms with Crippen LogP contribution in [-0.4, -0.2) is 58.3 Å². The summed E-state index contributed by atoms with van der Waals surface area (Å²) in [5.41, 5.74) is 6.21. The molecule has 1 heterocycles. The number of rotatable bonds is 9. The van der Waals surface area contributed by atoms with Gasteiger partial charge in [-0.15, -0.1) is 0 Å². The Balaban J connectivity index is 1.97. The van der Waals surface area contributed by atoms with Crippen LogP contribution in [0.5, 0.6) is 0 Å². The first kappa shape index (κ1) is 21.0. The Morgan fingerprint density at radius 2 is 2.19 bits per heavy atom. The van der Waals surface area contributed by atoms with Gasteiger partial charge in [0.1, 0.15) is 12.3 Å². The summed E-state index contributed by atoms with van der Waals surface area (Å²) in [4.78, 5) is 19.9. The van der Waals surface area contributed by atoms with E-state index >= 15 is 0 Å². The summed E-state index contributed by atoms with van der Waals surface area (Å²) >= 11 is 7.59. The molecule has 0 radical (unpaired) electrons. The molecular weight excluding hydrogens is 380 g/mol. The van der Waals surface area contributed by atoms with Gasteiger partial charge in [0.15, 0.2) is 16.1 Å². The highest BCUT2D eigenvalue weighted by molar-refractivity contribution is 7.99. The van der Waals surface area contributed by atoms with Crippen LogP contribution in [0.3, 0.4) is 0 Å². The van der Waals surface area contributed by atoms with E-state index in [0.717, 1.165) is 12.2 Å². The normalized spacial score (nSPS) is 22.4. The Hall–Kier alpha value is -1.29. The number of aliphatic hydroxyl groups excluding tert-OH is 1. The number of aromatic nitrogens is 2. The average molecular weight is 405 g/mol. The minimum Gasteiger partial charge on any atom is -0.464 e. The number of halogens is 1. The van der Waals surface area contributed by atoms with E-state index in [4.69, 9.17) is 26.8 Å². The molecule has 0 amide bonds. The molecule has 10 heteroatoms. The molecule has 8 nitrogen and oxygen atoms in total. The van der Waals surface area contributed by atoms with Gasteiger partial charge >= 0.3 is 5.97 Å². The molecule has 1 aliphatic rings. The molecule has 2 rings (SSSR count). The largest absolute Gasteiger partial charge is 0.464 e. The summed E-state index contributed by atoms with van der Waals surface area (Å²) in [6.45, 7) is 3.99. The van der Waals surface area contributed by atoms with E-state index in [-0.39, 0.29) is 29.6 Å². The molecule has 1 aliphatic carbocycles. The Labute approximate surface area is 162 Å². The number of esters is 1. The number of nitrogens with two attached hydrogens (primary N) is 1. The summed E-state index contributed by atoms with van der Waals surface area (Å²) in [6.07, 6.45) is 1.01. The van der Waals surface area contributed by atoms with Gasteiger partial charge in [0, 0.05) is 12.2 Å². The lowest BCUT2D eigenvalue weighted by molar-refractivity contribution is -0.150. The molecule has 146 valence electrons.